The van der Waals surface area contributed by atoms with Gasteiger partial charge in [0.2, 0.25) is 5.91 Å². The van der Waals surface area contributed by atoms with Gasteiger partial charge in [-0.25, -0.2) is 13.2 Å². The van der Waals surface area contributed by atoms with Crippen LogP contribution in [-0.4, -0.2) is 33.4 Å². The second kappa shape index (κ2) is 7.75. The molecule has 1 aliphatic carbocycles. The van der Waals surface area contributed by atoms with Crippen molar-refractivity contribution in [3.63, 3.8) is 0 Å². The van der Waals surface area contributed by atoms with Crippen molar-refractivity contribution in [3.05, 3.63) is 53.6 Å². The lowest BCUT2D eigenvalue weighted by molar-refractivity contribution is -0.125. The van der Waals surface area contributed by atoms with Crippen LogP contribution in [0.4, 0.5) is 11.4 Å². The van der Waals surface area contributed by atoms with E-state index in [1.807, 2.05) is 11.8 Å². The summed E-state index contributed by atoms with van der Waals surface area (Å²) in [4.78, 5) is 26.3. The van der Waals surface area contributed by atoms with E-state index in [9.17, 15) is 18.0 Å². The molecule has 1 saturated carbocycles. The number of esters is 1. The number of hydrogen-bond donors (Lipinski definition) is 1. The molecular formula is C22H24N2O5S. The second-order valence-corrected chi connectivity index (χ2v) is 9.54. The van der Waals surface area contributed by atoms with Crippen LogP contribution in [0.2, 0.25) is 0 Å². The molecule has 1 atom stereocenters. The summed E-state index contributed by atoms with van der Waals surface area (Å²) in [5.41, 5.74) is 2.35. The van der Waals surface area contributed by atoms with Gasteiger partial charge in [-0.15, -0.1) is 0 Å². The van der Waals surface area contributed by atoms with Crippen LogP contribution < -0.4 is 9.62 Å². The van der Waals surface area contributed by atoms with Gasteiger partial charge in [-0.1, -0.05) is 6.42 Å². The number of amides is 1. The minimum absolute atomic E-state index is 0.0184. The fourth-order valence-corrected chi connectivity index (χ4v) is 5.08. The molecule has 2 aromatic rings. The normalized spacial score (nSPS) is 18.5. The van der Waals surface area contributed by atoms with Gasteiger partial charge in [0.25, 0.3) is 10.0 Å². The average Bonchev–Trinajstić information content (AvgIpc) is 3.01. The number of carbonyl (C=O) groups excluding carboxylic acids is 2. The number of nitrogens with one attached hydrogen (secondary N) is 1. The molecule has 2 aliphatic rings. The summed E-state index contributed by atoms with van der Waals surface area (Å²) < 4.78 is 32.9. The summed E-state index contributed by atoms with van der Waals surface area (Å²) in [6.07, 6.45) is 3.59. The minimum atomic E-state index is -3.81. The van der Waals surface area contributed by atoms with Crippen LogP contribution in [0.3, 0.4) is 0 Å². The molecule has 0 aromatic heterocycles. The molecule has 1 aliphatic heterocycles. The molecule has 0 radical (unpaired) electrons. The Balaban J connectivity index is 1.55. The number of nitrogens with zero attached hydrogens (tertiary/aromatic N) is 1. The average molecular weight is 429 g/mol. The largest absolute Gasteiger partial charge is 0.465 e. The summed E-state index contributed by atoms with van der Waals surface area (Å²) in [6.45, 7) is 1.99. The van der Waals surface area contributed by atoms with E-state index in [-0.39, 0.29) is 22.8 Å². The van der Waals surface area contributed by atoms with E-state index in [1.165, 1.54) is 37.4 Å². The van der Waals surface area contributed by atoms with Gasteiger partial charge in [-0.05, 0) is 74.2 Å². The molecule has 1 unspecified atom stereocenters. The van der Waals surface area contributed by atoms with Crippen LogP contribution in [0.5, 0.6) is 0 Å². The highest BCUT2D eigenvalue weighted by molar-refractivity contribution is 7.92. The molecule has 30 heavy (non-hydrogen) atoms. The number of carbonyl (C=O) groups is 2. The zero-order valence-electron chi connectivity index (χ0n) is 16.9. The van der Waals surface area contributed by atoms with Gasteiger partial charge in [-0.3, -0.25) is 9.52 Å². The topological polar surface area (TPSA) is 92.8 Å². The number of methoxy groups -OCH3 is 1. The van der Waals surface area contributed by atoms with Crippen LogP contribution in [0.15, 0.2) is 47.4 Å². The standard InChI is InChI=1S/C22H24N2O5S/c1-14-12-17-13-19(10-11-20(17)24(14)21(25)15-4-3-5-15)30(27,28)23-18-8-6-16(7-9-18)22(26)29-2/h6-11,13-15,23H,3-5,12H2,1-2H3. The number of hydrogen-bond acceptors (Lipinski definition) is 5. The third-order valence-electron chi connectivity index (χ3n) is 5.83. The van der Waals surface area contributed by atoms with Crippen molar-refractivity contribution >= 4 is 33.3 Å². The highest BCUT2D eigenvalue weighted by Gasteiger charge is 2.37. The Morgan fingerprint density at radius 2 is 1.80 bits per heavy atom. The van der Waals surface area contributed by atoms with Gasteiger partial charge < -0.3 is 9.64 Å². The number of anilines is 2. The van der Waals surface area contributed by atoms with Crippen molar-refractivity contribution in [2.24, 2.45) is 5.92 Å². The molecule has 158 valence electrons. The summed E-state index contributed by atoms with van der Waals surface area (Å²) in [6, 6.07) is 10.9. The van der Waals surface area contributed by atoms with Crippen LogP contribution >= 0.6 is 0 Å². The first kappa shape index (κ1) is 20.4. The molecule has 0 bridgehead atoms. The van der Waals surface area contributed by atoms with Crippen molar-refractivity contribution < 1.29 is 22.7 Å². The maximum Gasteiger partial charge on any atom is 0.337 e. The number of sulfonamides is 1. The Morgan fingerprint density at radius 3 is 2.40 bits per heavy atom. The molecule has 1 amide bonds. The van der Waals surface area contributed by atoms with E-state index in [2.05, 4.69) is 9.46 Å². The first-order valence-electron chi connectivity index (χ1n) is 9.97. The second-order valence-electron chi connectivity index (χ2n) is 7.85. The lowest BCUT2D eigenvalue weighted by atomic mass is 9.84. The van der Waals surface area contributed by atoms with Crippen LogP contribution in [-0.2, 0) is 26.0 Å². The monoisotopic (exact) mass is 428 g/mol. The zero-order valence-corrected chi connectivity index (χ0v) is 17.7. The van der Waals surface area contributed by atoms with E-state index in [1.54, 1.807) is 12.1 Å². The Kier molecular flexibility index (Phi) is 5.27. The fraction of sp³-hybridized carbons (Fsp3) is 0.364. The van der Waals surface area contributed by atoms with Gasteiger partial charge in [0.05, 0.1) is 17.6 Å². The van der Waals surface area contributed by atoms with Crippen LogP contribution in [0, 0.1) is 5.92 Å². The lowest BCUT2D eigenvalue weighted by Crippen LogP contribution is -2.42. The first-order valence-corrected chi connectivity index (χ1v) is 11.5. The highest BCUT2D eigenvalue weighted by atomic mass is 32.2. The molecule has 1 heterocycles. The van der Waals surface area contributed by atoms with Gasteiger partial charge in [0, 0.05) is 23.3 Å². The molecule has 1 N–H and O–H groups in total. The van der Waals surface area contributed by atoms with Crippen molar-refractivity contribution in [1.82, 2.24) is 0 Å². The quantitative estimate of drug-likeness (QED) is 0.738. The Morgan fingerprint density at radius 1 is 1.10 bits per heavy atom. The van der Waals surface area contributed by atoms with Crippen LogP contribution in [0.25, 0.3) is 0 Å². The predicted octanol–water partition coefficient (Wildman–Crippen LogP) is 3.35. The molecule has 8 heteroatoms. The molecule has 0 saturated heterocycles. The number of ether oxygens (including phenoxy) is 1. The Bertz CT molecular complexity index is 1090. The van der Waals surface area contributed by atoms with Gasteiger partial charge in [0.15, 0.2) is 0 Å². The Hall–Kier alpha value is -2.87. The molecule has 1 fully saturated rings. The number of fused-ring (bicyclic) bond motifs is 1. The van der Waals surface area contributed by atoms with E-state index in [0.29, 0.717) is 17.7 Å². The smallest absolute Gasteiger partial charge is 0.337 e. The maximum atomic E-state index is 12.9. The maximum absolute atomic E-state index is 12.9. The first-order chi connectivity index (χ1) is 14.3. The third kappa shape index (κ3) is 3.67. The lowest BCUT2D eigenvalue weighted by Gasteiger charge is -2.32. The number of rotatable bonds is 5. The van der Waals surface area contributed by atoms with E-state index in [0.717, 1.165) is 30.5 Å². The predicted molar refractivity (Wildman–Crippen MR) is 113 cm³/mol. The fourth-order valence-electron chi connectivity index (χ4n) is 3.97. The van der Waals surface area contributed by atoms with Gasteiger partial charge in [0.1, 0.15) is 0 Å². The summed E-state index contributed by atoms with van der Waals surface area (Å²) >= 11 is 0. The summed E-state index contributed by atoms with van der Waals surface area (Å²) in [5, 5.41) is 0. The van der Waals surface area contributed by atoms with Gasteiger partial charge >= 0.3 is 5.97 Å². The van der Waals surface area contributed by atoms with Crippen molar-refractivity contribution in [2.75, 3.05) is 16.7 Å². The summed E-state index contributed by atoms with van der Waals surface area (Å²) in [7, 11) is -2.52. The number of benzene rings is 2. The minimum Gasteiger partial charge on any atom is -0.465 e. The molecular weight excluding hydrogens is 404 g/mol. The SMILES string of the molecule is COC(=O)c1ccc(NS(=O)(=O)c2ccc3c(c2)CC(C)N3C(=O)C2CCC2)cc1. The van der Waals surface area contributed by atoms with Crippen LogP contribution in [0.1, 0.15) is 42.1 Å². The molecule has 4 rings (SSSR count). The van der Waals surface area contributed by atoms with E-state index >= 15 is 0 Å². The highest BCUT2D eigenvalue weighted by Crippen LogP contribution is 2.38. The van der Waals surface area contributed by atoms with Crippen molar-refractivity contribution in [2.45, 2.75) is 43.5 Å². The van der Waals surface area contributed by atoms with E-state index < -0.39 is 16.0 Å². The molecule has 7 nitrogen and oxygen atoms in total. The zero-order chi connectivity index (χ0) is 21.5. The van der Waals surface area contributed by atoms with E-state index in [4.69, 9.17) is 0 Å². The molecule has 2 aromatic carbocycles. The molecule has 0 spiro atoms. The summed E-state index contributed by atoms with van der Waals surface area (Å²) in [5.74, 6) is -0.249. The Labute approximate surface area is 176 Å². The van der Waals surface area contributed by atoms with Crippen molar-refractivity contribution in [3.8, 4) is 0 Å². The van der Waals surface area contributed by atoms with Crippen molar-refractivity contribution in [1.29, 1.82) is 0 Å². The third-order valence-corrected chi connectivity index (χ3v) is 7.21. The van der Waals surface area contributed by atoms with Gasteiger partial charge in [-0.2, -0.15) is 0 Å².